The van der Waals surface area contributed by atoms with Crippen LogP contribution in [0.1, 0.15) is 20.8 Å². The zero-order valence-electron chi connectivity index (χ0n) is 7.09. The molecule has 0 aromatic carbocycles. The Kier molecular flexibility index (Phi) is 3.84. The molecule has 0 aromatic heterocycles. The topological polar surface area (TPSA) is 34.4 Å². The predicted molar refractivity (Wildman–Crippen MR) is 41.0 cm³/mol. The molecule has 0 saturated heterocycles. The summed E-state index contributed by atoms with van der Waals surface area (Å²) in [6.07, 6.45) is 0. The summed E-state index contributed by atoms with van der Waals surface area (Å²) in [6.45, 7) is 6.64. The second-order valence-electron chi connectivity index (χ2n) is 2.39. The summed E-state index contributed by atoms with van der Waals surface area (Å²) >= 11 is 0. The van der Waals surface area contributed by atoms with Crippen LogP contribution in [0.25, 0.3) is 0 Å². The van der Waals surface area contributed by atoms with Gasteiger partial charge >= 0.3 is 6.03 Å². The Balaban J connectivity index is 3.93. The van der Waals surface area contributed by atoms with Crippen molar-refractivity contribution in [1.82, 2.24) is 10.2 Å². The third kappa shape index (κ3) is 2.25. The van der Waals surface area contributed by atoms with Crippen LogP contribution in [0.5, 0.6) is 0 Å². The van der Waals surface area contributed by atoms with Crippen LogP contribution in [0, 0.1) is 0 Å². The predicted octanol–water partition coefficient (Wildman–Crippen LogP) is 1.07. The van der Waals surface area contributed by atoms with Crippen molar-refractivity contribution in [2.24, 2.45) is 0 Å². The molecule has 0 aliphatic rings. The first kappa shape index (κ1) is 9.27. The Morgan fingerprint density at radius 1 is 1.60 bits per heavy atom. The average Bonchev–Trinajstić information content (AvgIpc) is 1.88. The van der Waals surface area contributed by atoms with Crippen molar-refractivity contribution in [1.29, 1.82) is 0 Å². The first-order valence-corrected chi connectivity index (χ1v) is 3.53. The van der Waals surface area contributed by atoms with E-state index in [1.807, 2.05) is 20.8 Å². The molecule has 0 spiro atoms. The number of hydrogen-bond acceptors (Lipinski definition) is 1. The smallest absolute Gasteiger partial charge is 0.321 e. The Morgan fingerprint density at radius 2 is 2.10 bits per heavy atom. The highest BCUT2D eigenvalue weighted by molar-refractivity contribution is 5.73. The largest absolute Gasteiger partial charge is 0.338 e. The summed E-state index contributed by atoms with van der Waals surface area (Å²) in [4.78, 5) is 12.7. The Bertz CT molecular complexity index is 112. The van der Waals surface area contributed by atoms with E-state index < -0.39 is 0 Å². The fourth-order valence-corrected chi connectivity index (χ4v) is 0.850. The van der Waals surface area contributed by atoms with E-state index in [0.717, 1.165) is 6.54 Å². The molecule has 0 N–H and O–H groups in total. The Labute approximate surface area is 62.4 Å². The van der Waals surface area contributed by atoms with E-state index in [-0.39, 0.29) is 12.1 Å². The maximum Gasteiger partial charge on any atom is 0.338 e. The van der Waals surface area contributed by atoms with E-state index in [4.69, 9.17) is 0 Å². The second-order valence-corrected chi connectivity index (χ2v) is 2.39. The highest BCUT2D eigenvalue weighted by Gasteiger charge is 2.12. The molecule has 0 saturated carbocycles. The molecular weight excluding hydrogens is 128 g/mol. The summed E-state index contributed by atoms with van der Waals surface area (Å²) in [5.74, 6) is 0. The molecule has 2 amide bonds. The van der Waals surface area contributed by atoms with Crippen LogP contribution in [0.3, 0.4) is 0 Å². The summed E-state index contributed by atoms with van der Waals surface area (Å²) < 4.78 is 0. The van der Waals surface area contributed by atoms with Gasteiger partial charge in [-0.15, -0.1) is 0 Å². The van der Waals surface area contributed by atoms with Gasteiger partial charge < -0.3 is 4.90 Å². The third-order valence-electron chi connectivity index (χ3n) is 1.40. The van der Waals surface area contributed by atoms with Gasteiger partial charge in [-0.3, -0.25) is 0 Å². The molecular formula is C7H15N2O. The van der Waals surface area contributed by atoms with Crippen molar-refractivity contribution < 1.29 is 4.79 Å². The van der Waals surface area contributed by atoms with E-state index in [9.17, 15) is 4.79 Å². The lowest BCUT2D eigenvalue weighted by Gasteiger charge is -2.23. The number of carbonyl (C=O) groups is 1. The fourth-order valence-electron chi connectivity index (χ4n) is 0.850. The summed E-state index contributed by atoms with van der Waals surface area (Å²) in [5.41, 5.74) is 0. The Hall–Kier alpha value is -0.730. The summed E-state index contributed by atoms with van der Waals surface area (Å²) in [6, 6.07) is 0.124. The molecule has 59 valence electrons. The van der Waals surface area contributed by atoms with Crippen molar-refractivity contribution in [2.75, 3.05) is 13.6 Å². The highest BCUT2D eigenvalue weighted by Crippen LogP contribution is 1.96. The van der Waals surface area contributed by atoms with Gasteiger partial charge in [-0.2, -0.15) is 0 Å². The van der Waals surface area contributed by atoms with Crippen LogP contribution in [0.15, 0.2) is 0 Å². The first-order chi connectivity index (χ1) is 4.63. The molecule has 3 heteroatoms. The minimum atomic E-state index is -0.127. The van der Waals surface area contributed by atoms with Gasteiger partial charge in [0.05, 0.1) is 0 Å². The SMILES string of the molecule is CCN(C(=O)[N]C)C(C)C. The van der Waals surface area contributed by atoms with E-state index in [1.54, 1.807) is 4.90 Å². The van der Waals surface area contributed by atoms with Gasteiger partial charge in [-0.1, -0.05) is 0 Å². The second kappa shape index (κ2) is 4.14. The van der Waals surface area contributed by atoms with Gasteiger partial charge in [0.15, 0.2) is 0 Å². The maximum absolute atomic E-state index is 10.9. The molecule has 0 unspecified atom stereocenters. The van der Waals surface area contributed by atoms with Crippen LogP contribution in [0.4, 0.5) is 4.79 Å². The van der Waals surface area contributed by atoms with Gasteiger partial charge in [0.1, 0.15) is 0 Å². The quantitative estimate of drug-likeness (QED) is 0.569. The molecule has 0 aliphatic heterocycles. The van der Waals surface area contributed by atoms with Crippen molar-refractivity contribution in [2.45, 2.75) is 26.8 Å². The van der Waals surface area contributed by atoms with Crippen LogP contribution < -0.4 is 5.32 Å². The van der Waals surface area contributed by atoms with E-state index in [2.05, 4.69) is 5.32 Å². The molecule has 0 atom stereocenters. The number of rotatable bonds is 2. The zero-order chi connectivity index (χ0) is 8.15. The van der Waals surface area contributed by atoms with E-state index in [1.165, 1.54) is 7.05 Å². The molecule has 0 aliphatic carbocycles. The monoisotopic (exact) mass is 143 g/mol. The lowest BCUT2D eigenvalue weighted by Crippen LogP contribution is -2.39. The molecule has 3 nitrogen and oxygen atoms in total. The zero-order valence-corrected chi connectivity index (χ0v) is 7.09. The van der Waals surface area contributed by atoms with E-state index >= 15 is 0 Å². The van der Waals surface area contributed by atoms with Crippen LogP contribution in [-0.2, 0) is 0 Å². The number of carbonyl (C=O) groups excluding carboxylic acids is 1. The van der Waals surface area contributed by atoms with Crippen molar-refractivity contribution in [3.05, 3.63) is 0 Å². The number of urea groups is 1. The molecule has 10 heavy (non-hydrogen) atoms. The number of hydrogen-bond donors (Lipinski definition) is 0. The molecule has 0 fully saturated rings. The average molecular weight is 143 g/mol. The van der Waals surface area contributed by atoms with Gasteiger partial charge in [0, 0.05) is 19.6 Å². The fraction of sp³-hybridized carbons (Fsp3) is 0.857. The van der Waals surface area contributed by atoms with Gasteiger partial charge in [-0.25, -0.2) is 10.1 Å². The Morgan fingerprint density at radius 3 is 2.20 bits per heavy atom. The van der Waals surface area contributed by atoms with E-state index in [0.29, 0.717) is 0 Å². The van der Waals surface area contributed by atoms with Crippen molar-refractivity contribution in [3.8, 4) is 0 Å². The molecule has 0 heterocycles. The lowest BCUT2D eigenvalue weighted by atomic mass is 10.3. The summed E-state index contributed by atoms with van der Waals surface area (Å²) in [5, 5.41) is 3.57. The standard InChI is InChI=1S/C7H15N2O/c1-5-9(6(2)3)7(10)8-4/h6H,5H2,1-4H3. The van der Waals surface area contributed by atoms with Crippen LogP contribution in [-0.4, -0.2) is 30.6 Å². The lowest BCUT2D eigenvalue weighted by molar-refractivity contribution is 0.188. The minimum Gasteiger partial charge on any atom is -0.321 e. The van der Waals surface area contributed by atoms with Gasteiger partial charge in [0.25, 0.3) is 0 Å². The van der Waals surface area contributed by atoms with Crippen LogP contribution in [0.2, 0.25) is 0 Å². The van der Waals surface area contributed by atoms with Gasteiger partial charge in [0.2, 0.25) is 0 Å². The number of nitrogens with zero attached hydrogens (tertiary/aromatic N) is 2. The van der Waals surface area contributed by atoms with Crippen LogP contribution >= 0.6 is 0 Å². The van der Waals surface area contributed by atoms with Crippen molar-refractivity contribution in [3.63, 3.8) is 0 Å². The first-order valence-electron chi connectivity index (χ1n) is 3.53. The molecule has 0 bridgehead atoms. The maximum atomic E-state index is 10.9. The van der Waals surface area contributed by atoms with Gasteiger partial charge in [-0.05, 0) is 20.8 Å². The molecule has 1 radical (unpaired) electrons. The summed E-state index contributed by atoms with van der Waals surface area (Å²) in [7, 11) is 1.52. The highest BCUT2D eigenvalue weighted by atomic mass is 16.2. The molecule has 0 aromatic rings. The number of amides is 2. The van der Waals surface area contributed by atoms with Crippen molar-refractivity contribution >= 4 is 6.03 Å². The minimum absolute atomic E-state index is 0.127. The normalized spacial score (nSPS) is 9.70. The molecule has 0 rings (SSSR count). The third-order valence-corrected chi connectivity index (χ3v) is 1.40.